The van der Waals surface area contributed by atoms with Crippen LogP contribution in [0.15, 0.2) is 264 Å². The Morgan fingerprint density at radius 1 is 0.630 bits per heavy atom. The van der Waals surface area contributed by atoms with E-state index in [0.29, 0.717) is 29.8 Å². The first-order valence-corrected chi connectivity index (χ1v) is 29.5. The Balaban J connectivity index is 0.936. The second kappa shape index (κ2) is 24.1. The van der Waals surface area contributed by atoms with Crippen molar-refractivity contribution in [1.29, 1.82) is 0 Å². The fourth-order valence-electron chi connectivity index (χ4n) is 11.3. The van der Waals surface area contributed by atoms with Gasteiger partial charge in [0, 0.05) is 41.0 Å². The van der Waals surface area contributed by atoms with Gasteiger partial charge in [-0.2, -0.15) is 0 Å². The highest BCUT2D eigenvalue weighted by Gasteiger charge is 2.55. The Bertz CT molecular complexity index is 3430. The van der Waals surface area contributed by atoms with Gasteiger partial charge in [0.05, 0.1) is 5.70 Å². The van der Waals surface area contributed by atoms with Crippen LogP contribution in [0.5, 0.6) is 0 Å². The van der Waals surface area contributed by atoms with Crippen molar-refractivity contribution in [3.8, 4) is 0 Å². The lowest BCUT2D eigenvalue weighted by Gasteiger charge is -2.51. The molecular formula is C68H57N5O5S3. The number of ether oxygens (including phenoxy) is 2. The van der Waals surface area contributed by atoms with Crippen LogP contribution in [-0.2, 0) is 35.0 Å². The molecule has 0 spiro atoms. The maximum Gasteiger partial charge on any atom is 0.276 e. The van der Waals surface area contributed by atoms with Crippen LogP contribution in [-0.4, -0.2) is 62.8 Å². The lowest BCUT2D eigenvalue weighted by atomic mass is 9.77. The van der Waals surface area contributed by atoms with Gasteiger partial charge in [-0.05, 0) is 64.4 Å². The number of thiazole rings is 1. The molecule has 0 saturated carbocycles. The van der Waals surface area contributed by atoms with E-state index in [-0.39, 0.29) is 28.3 Å². The Morgan fingerprint density at radius 2 is 1.06 bits per heavy atom. The molecule has 2 atom stereocenters. The van der Waals surface area contributed by atoms with Crippen LogP contribution < -0.4 is 10.6 Å². The number of anilines is 1. The van der Waals surface area contributed by atoms with Crippen LogP contribution in [0.4, 0.5) is 5.13 Å². The normalized spacial score (nSPS) is 16.7. The summed E-state index contributed by atoms with van der Waals surface area (Å²) in [6.07, 6.45) is 1.05. The van der Waals surface area contributed by atoms with E-state index < -0.39 is 34.6 Å². The van der Waals surface area contributed by atoms with Gasteiger partial charge in [0.15, 0.2) is 10.8 Å². The molecule has 12 rings (SSSR count). The van der Waals surface area contributed by atoms with Crippen molar-refractivity contribution in [3.63, 3.8) is 0 Å². The SMILES string of the molecule is O=C(NC1C(=O)N2C(C(=S)OC(c3ccccc3)c3ccccc3)=C(C3CCOCC3)CS[C@H]12)/C(=N\OC(c1ccccc1)(c1ccccc1)c1ccccc1)c1csc(NC(c2ccccc2)(c2ccccc2)c2ccccc2)n1. The van der Waals surface area contributed by atoms with E-state index in [1.165, 1.54) is 11.3 Å². The molecule has 0 aliphatic carbocycles. The Labute approximate surface area is 485 Å². The fraction of sp³-hybridized carbons (Fsp3) is 0.162. The molecule has 402 valence electrons. The fourth-order valence-corrected chi connectivity index (χ4v) is 13.9. The van der Waals surface area contributed by atoms with E-state index in [4.69, 9.17) is 36.7 Å². The predicted octanol–water partition coefficient (Wildman–Crippen LogP) is 13.5. The highest BCUT2D eigenvalue weighted by atomic mass is 32.2. The molecule has 2 amide bonds. The lowest BCUT2D eigenvalue weighted by Crippen LogP contribution is -2.71. The van der Waals surface area contributed by atoms with Crippen molar-refractivity contribution >= 4 is 63.0 Å². The largest absolute Gasteiger partial charge is 0.469 e. The van der Waals surface area contributed by atoms with Crippen LogP contribution in [0.3, 0.4) is 0 Å². The summed E-state index contributed by atoms with van der Waals surface area (Å²) in [7, 11) is 0. The molecule has 1 aromatic heterocycles. The molecule has 2 N–H and O–H groups in total. The van der Waals surface area contributed by atoms with E-state index in [1.54, 1.807) is 16.7 Å². The Morgan fingerprint density at radius 3 is 1.52 bits per heavy atom. The maximum absolute atomic E-state index is 15.6. The van der Waals surface area contributed by atoms with Crippen LogP contribution >= 0.6 is 35.3 Å². The highest BCUT2D eigenvalue weighted by Crippen LogP contribution is 2.47. The third kappa shape index (κ3) is 10.6. The van der Waals surface area contributed by atoms with Gasteiger partial charge >= 0.3 is 0 Å². The number of hydrogen-bond donors (Lipinski definition) is 2. The standard InChI is InChI=1S/C68H57N5O5S3/c74-62(70-59-63(75)73-60(56(45-80-64(59)73)47-41-43-76-44-42-47)65(79)77-61(48-25-9-1-10-26-48)49-27-11-2-12-28-49)58(72-78-68(53-35-19-6-20-36-53,54-37-21-7-22-38-54)55-39-23-8-24-40-55)57-46-81-66(69-57)71-67(50-29-13-3-14-30-50,51-31-15-4-16-32-51)52-33-17-5-18-34-52/h1-40,46-47,59,61,64H,41-45H2,(H,69,71)(H,70,74)/b72-58-/t59?,64-/m1/s1. The number of thiocarbonyl (C=S) groups is 1. The molecule has 3 aliphatic rings. The van der Waals surface area contributed by atoms with Gasteiger partial charge in [-0.1, -0.05) is 248 Å². The molecule has 2 saturated heterocycles. The van der Waals surface area contributed by atoms with E-state index >= 15 is 9.59 Å². The minimum atomic E-state index is -1.34. The van der Waals surface area contributed by atoms with Gasteiger partial charge in [-0.3, -0.25) is 14.5 Å². The van der Waals surface area contributed by atoms with Gasteiger partial charge in [0.1, 0.15) is 28.8 Å². The van der Waals surface area contributed by atoms with Crippen LogP contribution in [0.25, 0.3) is 0 Å². The molecular weight excluding hydrogens is 1060 g/mol. The third-order valence-electron chi connectivity index (χ3n) is 15.3. The second-order valence-electron chi connectivity index (χ2n) is 20.0. The second-order valence-corrected chi connectivity index (χ2v) is 22.4. The molecule has 0 radical (unpaired) electrons. The van der Waals surface area contributed by atoms with Crippen LogP contribution in [0.2, 0.25) is 0 Å². The van der Waals surface area contributed by atoms with Crippen LogP contribution in [0, 0.1) is 5.92 Å². The van der Waals surface area contributed by atoms with Gasteiger partial charge in [0.25, 0.3) is 11.8 Å². The number of nitrogens with one attached hydrogen (secondary N) is 2. The van der Waals surface area contributed by atoms with Gasteiger partial charge in [-0.25, -0.2) is 4.98 Å². The van der Waals surface area contributed by atoms with Crippen molar-refractivity contribution in [1.82, 2.24) is 15.2 Å². The average Bonchev–Trinajstić information content (AvgIpc) is 4.15. The molecule has 2 fully saturated rings. The van der Waals surface area contributed by atoms with E-state index in [2.05, 4.69) is 47.0 Å². The zero-order valence-electron chi connectivity index (χ0n) is 44.1. The Hall–Kier alpha value is -8.46. The van der Waals surface area contributed by atoms with Gasteiger partial charge in [0.2, 0.25) is 10.7 Å². The summed E-state index contributed by atoms with van der Waals surface area (Å²) in [5, 5.41) is 14.0. The minimum Gasteiger partial charge on any atom is -0.469 e. The van der Waals surface area contributed by atoms with Crippen molar-refractivity contribution in [3.05, 3.63) is 310 Å². The number of thioether (sulfide) groups is 1. The smallest absolute Gasteiger partial charge is 0.276 e. The highest BCUT2D eigenvalue weighted by molar-refractivity contribution is 8.00. The Kier molecular flexibility index (Phi) is 15.8. The first-order valence-electron chi connectivity index (χ1n) is 27.1. The number of hydrogen-bond acceptors (Lipinski definition) is 11. The molecule has 8 aromatic carbocycles. The van der Waals surface area contributed by atoms with E-state index in [1.807, 2.05) is 212 Å². The van der Waals surface area contributed by atoms with Crippen molar-refractivity contribution in [2.45, 2.75) is 41.5 Å². The van der Waals surface area contributed by atoms with Gasteiger partial charge < -0.3 is 24.9 Å². The zero-order chi connectivity index (χ0) is 55.0. The number of rotatable bonds is 18. The van der Waals surface area contributed by atoms with E-state index in [0.717, 1.165) is 62.9 Å². The van der Waals surface area contributed by atoms with Gasteiger partial charge in [-0.15, -0.1) is 23.1 Å². The number of carbonyl (C=O) groups excluding carboxylic acids is 2. The summed E-state index contributed by atoms with van der Waals surface area (Å²) in [5.74, 6) is -0.240. The average molecular weight is 1120 g/mol. The number of benzene rings is 8. The summed E-state index contributed by atoms with van der Waals surface area (Å²) >= 11 is 9.27. The number of aromatic nitrogens is 1. The molecule has 81 heavy (non-hydrogen) atoms. The van der Waals surface area contributed by atoms with E-state index in [9.17, 15) is 0 Å². The quantitative estimate of drug-likeness (QED) is 0.0285. The van der Waals surface area contributed by atoms with Crippen molar-refractivity contribution < 1.29 is 23.9 Å². The summed E-state index contributed by atoms with van der Waals surface area (Å²) in [5.41, 5.74) is 6.69. The molecule has 0 bridgehead atoms. The monoisotopic (exact) mass is 1120 g/mol. The number of oxime groups is 1. The molecule has 4 heterocycles. The van der Waals surface area contributed by atoms with Crippen LogP contribution in [0.1, 0.15) is 69.1 Å². The van der Waals surface area contributed by atoms with Crippen molar-refractivity contribution in [2.24, 2.45) is 11.1 Å². The zero-order valence-corrected chi connectivity index (χ0v) is 46.6. The summed E-state index contributed by atoms with van der Waals surface area (Å²) in [6.45, 7) is 1.21. The topological polar surface area (TPSA) is 114 Å². The minimum absolute atomic E-state index is 0.116. The third-order valence-corrected chi connectivity index (χ3v) is 17.7. The lowest BCUT2D eigenvalue weighted by molar-refractivity contribution is -0.144. The molecule has 3 aliphatic heterocycles. The number of β-lactam (4-membered cyclic amide) rings is 1. The van der Waals surface area contributed by atoms with Crippen molar-refractivity contribution in [2.75, 3.05) is 24.3 Å². The molecule has 9 aromatic rings. The molecule has 1 unspecified atom stereocenters. The number of nitrogens with zero attached hydrogens (tertiary/aromatic N) is 3. The number of fused-ring (bicyclic) bond motifs is 1. The molecule has 13 heteroatoms. The number of carbonyl (C=O) groups is 2. The summed E-state index contributed by atoms with van der Waals surface area (Å²) < 4.78 is 12.7. The first kappa shape index (κ1) is 53.2. The summed E-state index contributed by atoms with van der Waals surface area (Å²) in [4.78, 5) is 44.8. The summed E-state index contributed by atoms with van der Waals surface area (Å²) in [6, 6.07) is 79.4. The number of amides is 2. The molecule has 10 nitrogen and oxygen atoms in total. The maximum atomic E-state index is 15.6. The first-order chi connectivity index (χ1) is 39.9. The predicted molar refractivity (Wildman–Crippen MR) is 326 cm³/mol.